The molecule has 6 nitrogen and oxygen atoms in total. The SMILES string of the molecule is CCN(CC)C(=O)c1cccc(NC(=O)CSc2nccn2-c2ccccc2C(C)C)c1. The molecule has 0 fully saturated rings. The minimum Gasteiger partial charge on any atom is -0.339 e. The molecule has 0 radical (unpaired) electrons. The molecule has 1 heterocycles. The molecule has 0 saturated heterocycles. The molecule has 3 rings (SSSR count). The molecule has 3 aromatic rings. The number of carbonyl (C=O) groups excluding carboxylic acids is 2. The van der Waals surface area contributed by atoms with Crippen LogP contribution in [0.15, 0.2) is 66.1 Å². The topological polar surface area (TPSA) is 67.2 Å². The minimum atomic E-state index is -0.144. The van der Waals surface area contributed by atoms with Gasteiger partial charge in [0.05, 0.1) is 11.4 Å². The molecule has 7 heteroatoms. The predicted molar refractivity (Wildman–Crippen MR) is 131 cm³/mol. The van der Waals surface area contributed by atoms with Crippen LogP contribution in [0.1, 0.15) is 49.5 Å². The highest BCUT2D eigenvalue weighted by Crippen LogP contribution is 2.27. The number of rotatable bonds is 9. The number of aromatic nitrogens is 2. The van der Waals surface area contributed by atoms with E-state index in [0.717, 1.165) is 10.8 Å². The Morgan fingerprint density at radius 2 is 1.84 bits per heavy atom. The first-order valence-electron chi connectivity index (χ1n) is 10.9. The van der Waals surface area contributed by atoms with E-state index in [-0.39, 0.29) is 17.6 Å². The van der Waals surface area contributed by atoms with Crippen molar-refractivity contribution < 1.29 is 9.59 Å². The first-order chi connectivity index (χ1) is 15.4. The van der Waals surface area contributed by atoms with E-state index in [4.69, 9.17) is 0 Å². The summed E-state index contributed by atoms with van der Waals surface area (Å²) in [6, 6.07) is 15.3. The lowest BCUT2D eigenvalue weighted by Gasteiger charge is -2.19. The van der Waals surface area contributed by atoms with Gasteiger partial charge < -0.3 is 10.2 Å². The summed E-state index contributed by atoms with van der Waals surface area (Å²) in [6.07, 6.45) is 3.67. The smallest absolute Gasteiger partial charge is 0.253 e. The summed E-state index contributed by atoms with van der Waals surface area (Å²) in [5, 5.41) is 3.66. The number of hydrogen-bond donors (Lipinski definition) is 1. The Morgan fingerprint density at radius 1 is 1.09 bits per heavy atom. The van der Waals surface area contributed by atoms with Gasteiger partial charge in [0.15, 0.2) is 5.16 Å². The summed E-state index contributed by atoms with van der Waals surface area (Å²) in [4.78, 5) is 31.4. The van der Waals surface area contributed by atoms with Crippen molar-refractivity contribution in [3.8, 4) is 5.69 Å². The molecule has 0 unspecified atom stereocenters. The quantitative estimate of drug-likeness (QED) is 0.455. The van der Waals surface area contributed by atoms with E-state index in [0.29, 0.717) is 30.3 Å². The summed E-state index contributed by atoms with van der Waals surface area (Å²) in [7, 11) is 0. The van der Waals surface area contributed by atoms with Crippen molar-refractivity contribution in [1.82, 2.24) is 14.5 Å². The lowest BCUT2D eigenvalue weighted by atomic mass is 10.0. The zero-order chi connectivity index (χ0) is 23.1. The van der Waals surface area contributed by atoms with Crippen molar-refractivity contribution in [2.24, 2.45) is 0 Å². The number of amides is 2. The van der Waals surface area contributed by atoms with Crippen molar-refractivity contribution in [1.29, 1.82) is 0 Å². The van der Waals surface area contributed by atoms with E-state index in [1.807, 2.05) is 36.7 Å². The summed E-state index contributed by atoms with van der Waals surface area (Å²) < 4.78 is 2.02. The van der Waals surface area contributed by atoms with Crippen LogP contribution in [-0.4, -0.2) is 45.1 Å². The molecule has 0 bridgehead atoms. The second kappa shape index (κ2) is 11.0. The molecule has 0 aliphatic heterocycles. The van der Waals surface area contributed by atoms with E-state index in [2.05, 4.69) is 36.3 Å². The summed E-state index contributed by atoms with van der Waals surface area (Å²) in [5.41, 5.74) is 3.49. The number of thioether (sulfide) groups is 1. The van der Waals surface area contributed by atoms with Gasteiger partial charge in [-0.3, -0.25) is 14.2 Å². The van der Waals surface area contributed by atoms with E-state index in [9.17, 15) is 9.59 Å². The molecular formula is C25H30N4O2S. The molecule has 32 heavy (non-hydrogen) atoms. The molecule has 1 aromatic heterocycles. The van der Waals surface area contributed by atoms with Crippen molar-refractivity contribution in [3.05, 3.63) is 72.1 Å². The molecule has 0 aliphatic carbocycles. The highest BCUT2D eigenvalue weighted by atomic mass is 32.2. The Morgan fingerprint density at radius 3 is 2.56 bits per heavy atom. The Hall–Kier alpha value is -3.06. The van der Waals surface area contributed by atoms with Crippen molar-refractivity contribution in [3.63, 3.8) is 0 Å². The van der Waals surface area contributed by atoms with Gasteiger partial charge in [-0.25, -0.2) is 4.98 Å². The van der Waals surface area contributed by atoms with Crippen LogP contribution in [0.25, 0.3) is 5.69 Å². The first-order valence-corrected chi connectivity index (χ1v) is 11.9. The average Bonchev–Trinajstić information content (AvgIpc) is 3.27. The maximum absolute atomic E-state index is 12.6. The van der Waals surface area contributed by atoms with Gasteiger partial charge in [0, 0.05) is 36.7 Å². The standard InChI is InChI=1S/C25H30N4O2S/c1-5-28(6-2)24(31)19-10-9-11-20(16-19)27-23(30)17-32-25-26-14-15-29(25)22-13-8-7-12-21(22)18(3)4/h7-16,18H,5-6,17H2,1-4H3,(H,27,30). The average molecular weight is 451 g/mol. The highest BCUT2D eigenvalue weighted by Gasteiger charge is 2.15. The van der Waals surface area contributed by atoms with Gasteiger partial charge in [-0.05, 0) is 49.6 Å². The van der Waals surface area contributed by atoms with Gasteiger partial charge in [-0.1, -0.05) is 49.9 Å². The summed E-state index contributed by atoms with van der Waals surface area (Å²) in [6.45, 7) is 9.52. The molecule has 2 aromatic carbocycles. The molecule has 1 N–H and O–H groups in total. The lowest BCUT2D eigenvalue weighted by Crippen LogP contribution is -2.30. The third-order valence-electron chi connectivity index (χ3n) is 5.20. The fourth-order valence-corrected chi connectivity index (χ4v) is 4.29. The van der Waals surface area contributed by atoms with Crippen molar-refractivity contribution >= 4 is 29.3 Å². The number of nitrogens with zero attached hydrogens (tertiary/aromatic N) is 3. The number of imidazole rings is 1. The number of carbonyl (C=O) groups is 2. The first kappa shape index (κ1) is 23.6. The van der Waals surface area contributed by atoms with Crippen LogP contribution in [0.3, 0.4) is 0 Å². The van der Waals surface area contributed by atoms with E-state index >= 15 is 0 Å². The van der Waals surface area contributed by atoms with Crippen LogP contribution in [0.4, 0.5) is 5.69 Å². The third-order valence-corrected chi connectivity index (χ3v) is 6.17. The molecule has 0 aliphatic rings. The van der Waals surface area contributed by atoms with Gasteiger partial charge >= 0.3 is 0 Å². The van der Waals surface area contributed by atoms with E-state index in [1.54, 1.807) is 35.4 Å². The number of anilines is 1. The molecule has 2 amide bonds. The Balaban J connectivity index is 1.67. The van der Waals surface area contributed by atoms with Crippen LogP contribution in [-0.2, 0) is 4.79 Å². The van der Waals surface area contributed by atoms with Crippen LogP contribution >= 0.6 is 11.8 Å². The molecular weight excluding hydrogens is 420 g/mol. The van der Waals surface area contributed by atoms with E-state index in [1.165, 1.54) is 17.3 Å². The number of nitrogens with one attached hydrogen (secondary N) is 1. The fourth-order valence-electron chi connectivity index (χ4n) is 3.53. The number of para-hydroxylation sites is 1. The maximum atomic E-state index is 12.6. The molecule has 0 spiro atoms. The zero-order valence-corrected chi connectivity index (χ0v) is 19.9. The van der Waals surface area contributed by atoms with Gasteiger partial charge in [-0.2, -0.15) is 0 Å². The second-order valence-corrected chi connectivity index (χ2v) is 8.63. The Kier molecular flexibility index (Phi) is 8.11. The Labute approximate surface area is 194 Å². The van der Waals surface area contributed by atoms with Crippen LogP contribution in [0, 0.1) is 0 Å². The summed E-state index contributed by atoms with van der Waals surface area (Å²) in [5.74, 6) is 0.413. The lowest BCUT2D eigenvalue weighted by molar-refractivity contribution is -0.113. The fraction of sp³-hybridized carbons (Fsp3) is 0.320. The minimum absolute atomic E-state index is 0.0358. The van der Waals surface area contributed by atoms with Crippen molar-refractivity contribution in [2.45, 2.75) is 38.8 Å². The monoisotopic (exact) mass is 450 g/mol. The molecule has 0 saturated carbocycles. The number of hydrogen-bond acceptors (Lipinski definition) is 4. The van der Waals surface area contributed by atoms with E-state index < -0.39 is 0 Å². The third kappa shape index (κ3) is 5.59. The van der Waals surface area contributed by atoms with Crippen molar-refractivity contribution in [2.75, 3.05) is 24.2 Å². The normalized spacial score (nSPS) is 10.9. The molecule has 168 valence electrons. The summed E-state index contributed by atoms with van der Waals surface area (Å²) >= 11 is 1.38. The zero-order valence-electron chi connectivity index (χ0n) is 19.0. The van der Waals surface area contributed by atoms with Crippen LogP contribution in [0.5, 0.6) is 0 Å². The predicted octanol–water partition coefficient (Wildman–Crippen LogP) is 5.21. The highest BCUT2D eigenvalue weighted by molar-refractivity contribution is 7.99. The van der Waals surface area contributed by atoms with Crippen LogP contribution in [0.2, 0.25) is 0 Å². The molecule has 0 atom stereocenters. The maximum Gasteiger partial charge on any atom is 0.253 e. The van der Waals surface area contributed by atoms with Gasteiger partial charge in [0.2, 0.25) is 5.91 Å². The largest absolute Gasteiger partial charge is 0.339 e. The van der Waals surface area contributed by atoms with Crippen LogP contribution < -0.4 is 5.32 Å². The second-order valence-electron chi connectivity index (χ2n) is 7.69. The number of benzene rings is 2. The Bertz CT molecular complexity index is 1070. The van der Waals surface area contributed by atoms with Gasteiger partial charge in [0.25, 0.3) is 5.91 Å². The van der Waals surface area contributed by atoms with Gasteiger partial charge in [0.1, 0.15) is 0 Å². The van der Waals surface area contributed by atoms with Gasteiger partial charge in [-0.15, -0.1) is 0 Å².